The van der Waals surface area contributed by atoms with Gasteiger partial charge in [0.2, 0.25) is 0 Å². The van der Waals surface area contributed by atoms with Gasteiger partial charge in [0.15, 0.2) is 0 Å². The van der Waals surface area contributed by atoms with Gasteiger partial charge in [-0.1, -0.05) is 0 Å². The Hall–Kier alpha value is -0.780. The van der Waals surface area contributed by atoms with Crippen LogP contribution in [-0.4, -0.2) is 43.1 Å². The number of carbonyl (C=O) groups excluding carboxylic acids is 1. The number of nitrogens with zero attached hydrogens (tertiary/aromatic N) is 1. The number of thiophene rings is 1. The average molecular weight is 291 g/mol. The second-order valence-corrected chi connectivity index (χ2v) is 5.38. The molecule has 1 saturated heterocycles. The second kappa shape index (κ2) is 6.41. The lowest BCUT2D eigenvalue weighted by Gasteiger charge is -2.37. The molecule has 0 aliphatic carbocycles. The van der Waals surface area contributed by atoms with E-state index in [1.807, 2.05) is 16.3 Å². The van der Waals surface area contributed by atoms with Crippen LogP contribution in [0, 0.1) is 0 Å². The molecule has 2 atom stereocenters. The molecule has 1 N–H and O–H groups in total. The first kappa shape index (κ1) is 15.3. The highest BCUT2D eigenvalue weighted by Crippen LogP contribution is 2.23. The Bertz CT molecular complexity index is 411. The highest BCUT2D eigenvalue weighted by atomic mass is 35.5. The van der Waals surface area contributed by atoms with Crippen molar-refractivity contribution in [3.63, 3.8) is 0 Å². The molecule has 18 heavy (non-hydrogen) atoms. The van der Waals surface area contributed by atoms with Crippen LogP contribution in [-0.2, 0) is 0 Å². The largest absolute Gasteiger partial charge is 0.496 e. The van der Waals surface area contributed by atoms with E-state index in [1.165, 1.54) is 11.3 Å². The molecule has 4 nitrogen and oxygen atoms in total. The number of methoxy groups -OCH3 is 1. The first-order valence-electron chi connectivity index (χ1n) is 5.78. The van der Waals surface area contributed by atoms with E-state index in [9.17, 15) is 4.79 Å². The Balaban J connectivity index is 0.00000162. The van der Waals surface area contributed by atoms with Gasteiger partial charge in [0.05, 0.1) is 12.0 Å². The summed E-state index contributed by atoms with van der Waals surface area (Å²) in [5, 5.41) is 5.23. The third kappa shape index (κ3) is 3.16. The molecule has 102 valence electrons. The fourth-order valence-corrected chi connectivity index (χ4v) is 2.79. The number of piperazine rings is 1. The Morgan fingerprint density at radius 2 is 2.28 bits per heavy atom. The summed E-state index contributed by atoms with van der Waals surface area (Å²) in [5.74, 6) is 0.869. The first-order chi connectivity index (χ1) is 8.11. The lowest BCUT2D eigenvalue weighted by molar-refractivity contribution is 0.0621. The van der Waals surface area contributed by atoms with Crippen molar-refractivity contribution in [2.24, 2.45) is 0 Å². The molecule has 0 spiro atoms. The summed E-state index contributed by atoms with van der Waals surface area (Å²) in [6.45, 7) is 5.79. The van der Waals surface area contributed by atoms with Crippen molar-refractivity contribution in [2.45, 2.75) is 25.9 Å². The molecule has 2 unspecified atom stereocenters. The molecule has 1 aromatic rings. The molecule has 1 aromatic heterocycles. The minimum Gasteiger partial charge on any atom is -0.496 e. The average Bonchev–Trinajstić information content (AvgIpc) is 2.80. The van der Waals surface area contributed by atoms with E-state index in [2.05, 4.69) is 19.2 Å². The van der Waals surface area contributed by atoms with Crippen molar-refractivity contribution >= 4 is 29.7 Å². The summed E-state index contributed by atoms with van der Waals surface area (Å²) >= 11 is 1.44. The summed E-state index contributed by atoms with van der Waals surface area (Å²) in [5.41, 5.74) is 0. The number of ether oxygens (including phenoxy) is 1. The van der Waals surface area contributed by atoms with E-state index in [0.717, 1.165) is 23.7 Å². The van der Waals surface area contributed by atoms with Gasteiger partial charge in [-0.25, -0.2) is 0 Å². The van der Waals surface area contributed by atoms with Crippen LogP contribution >= 0.6 is 23.7 Å². The number of carbonyl (C=O) groups is 1. The van der Waals surface area contributed by atoms with Crippen molar-refractivity contribution in [3.8, 4) is 5.75 Å². The van der Waals surface area contributed by atoms with E-state index in [4.69, 9.17) is 4.74 Å². The van der Waals surface area contributed by atoms with Crippen LogP contribution in [0.4, 0.5) is 0 Å². The van der Waals surface area contributed by atoms with E-state index < -0.39 is 0 Å². The van der Waals surface area contributed by atoms with Gasteiger partial charge in [-0.05, 0) is 13.8 Å². The molecule has 1 aliphatic rings. The van der Waals surface area contributed by atoms with E-state index in [-0.39, 0.29) is 24.4 Å². The maximum atomic E-state index is 12.3. The number of halogens is 1. The maximum Gasteiger partial charge on any atom is 0.264 e. The van der Waals surface area contributed by atoms with Gasteiger partial charge in [-0.3, -0.25) is 4.79 Å². The molecule has 6 heteroatoms. The molecule has 2 rings (SSSR count). The van der Waals surface area contributed by atoms with Gasteiger partial charge in [0, 0.05) is 36.6 Å². The molecule has 2 heterocycles. The van der Waals surface area contributed by atoms with Gasteiger partial charge in [0.25, 0.3) is 5.91 Å². The third-order valence-corrected chi connectivity index (χ3v) is 3.94. The van der Waals surface area contributed by atoms with Crippen molar-refractivity contribution in [2.75, 3.05) is 20.2 Å². The van der Waals surface area contributed by atoms with Crippen LogP contribution in [0.3, 0.4) is 0 Å². The Kier molecular flexibility index (Phi) is 5.44. The molecule has 0 aromatic carbocycles. The van der Waals surface area contributed by atoms with E-state index >= 15 is 0 Å². The van der Waals surface area contributed by atoms with Crippen LogP contribution < -0.4 is 10.1 Å². The monoisotopic (exact) mass is 290 g/mol. The van der Waals surface area contributed by atoms with E-state index in [0.29, 0.717) is 6.04 Å². The predicted octanol–water partition coefficient (Wildman–Crippen LogP) is 2.00. The lowest BCUT2D eigenvalue weighted by Crippen LogP contribution is -2.56. The van der Waals surface area contributed by atoms with Crippen LogP contribution in [0.5, 0.6) is 5.75 Å². The molecule has 1 aliphatic heterocycles. The second-order valence-electron chi connectivity index (χ2n) is 4.47. The minimum absolute atomic E-state index is 0. The number of hydrogen-bond acceptors (Lipinski definition) is 4. The summed E-state index contributed by atoms with van der Waals surface area (Å²) in [7, 11) is 1.62. The number of rotatable bonds is 2. The van der Waals surface area contributed by atoms with E-state index in [1.54, 1.807) is 7.11 Å². The van der Waals surface area contributed by atoms with Crippen LogP contribution in [0.1, 0.15) is 23.5 Å². The molecular weight excluding hydrogens is 272 g/mol. The minimum atomic E-state index is 0. The number of amides is 1. The Morgan fingerprint density at radius 1 is 1.56 bits per heavy atom. The van der Waals surface area contributed by atoms with Crippen molar-refractivity contribution in [1.82, 2.24) is 10.2 Å². The molecular formula is C12H19ClN2O2S. The highest BCUT2D eigenvalue weighted by molar-refractivity contribution is 7.12. The summed E-state index contributed by atoms with van der Waals surface area (Å²) < 4.78 is 5.11. The van der Waals surface area contributed by atoms with Gasteiger partial charge in [0.1, 0.15) is 5.75 Å². The standard InChI is InChI=1S/C12H18N2O2S.ClH/c1-8-6-14(9(2)5-13-8)12(15)11-4-10(16-3)7-17-11;/h4,7-9,13H,5-6H2,1-3H3;1H. The van der Waals surface area contributed by atoms with Gasteiger partial charge < -0.3 is 15.0 Å². The zero-order valence-corrected chi connectivity index (χ0v) is 12.4. The molecule has 0 saturated carbocycles. The number of hydrogen-bond donors (Lipinski definition) is 1. The Labute approximate surface area is 118 Å². The fraction of sp³-hybridized carbons (Fsp3) is 0.583. The first-order valence-corrected chi connectivity index (χ1v) is 6.66. The zero-order valence-electron chi connectivity index (χ0n) is 10.8. The normalized spacial score (nSPS) is 23.4. The smallest absolute Gasteiger partial charge is 0.264 e. The Morgan fingerprint density at radius 3 is 2.89 bits per heavy atom. The predicted molar refractivity (Wildman–Crippen MR) is 76.1 cm³/mol. The summed E-state index contributed by atoms with van der Waals surface area (Å²) in [4.78, 5) is 15.0. The van der Waals surface area contributed by atoms with Crippen LogP contribution in [0.2, 0.25) is 0 Å². The molecule has 1 fully saturated rings. The fourth-order valence-electron chi connectivity index (χ4n) is 1.98. The summed E-state index contributed by atoms with van der Waals surface area (Å²) in [6, 6.07) is 2.41. The molecule has 0 radical (unpaired) electrons. The molecule has 0 bridgehead atoms. The van der Waals surface area contributed by atoms with Crippen molar-refractivity contribution in [3.05, 3.63) is 16.3 Å². The molecule has 1 amide bonds. The maximum absolute atomic E-state index is 12.3. The van der Waals surface area contributed by atoms with Crippen LogP contribution in [0.15, 0.2) is 11.4 Å². The van der Waals surface area contributed by atoms with Crippen molar-refractivity contribution < 1.29 is 9.53 Å². The van der Waals surface area contributed by atoms with Crippen molar-refractivity contribution in [1.29, 1.82) is 0 Å². The zero-order chi connectivity index (χ0) is 12.4. The number of nitrogens with one attached hydrogen (secondary N) is 1. The van der Waals surface area contributed by atoms with Crippen LogP contribution in [0.25, 0.3) is 0 Å². The topological polar surface area (TPSA) is 41.6 Å². The van der Waals surface area contributed by atoms with Gasteiger partial charge in [-0.15, -0.1) is 23.7 Å². The van der Waals surface area contributed by atoms with Gasteiger partial charge >= 0.3 is 0 Å². The quantitative estimate of drug-likeness (QED) is 0.906. The third-order valence-electron chi connectivity index (χ3n) is 3.05. The SMILES string of the molecule is COc1csc(C(=O)N2CC(C)NCC2C)c1.Cl. The highest BCUT2D eigenvalue weighted by Gasteiger charge is 2.28. The lowest BCUT2D eigenvalue weighted by atomic mass is 10.1. The summed E-state index contributed by atoms with van der Waals surface area (Å²) in [6.07, 6.45) is 0. The van der Waals surface area contributed by atoms with Gasteiger partial charge in [-0.2, -0.15) is 0 Å².